The average molecular weight is 298 g/mol. The van der Waals surface area contributed by atoms with Crippen LogP contribution in [0.25, 0.3) is 0 Å². The summed E-state index contributed by atoms with van der Waals surface area (Å²) in [6, 6.07) is 10.6. The van der Waals surface area contributed by atoms with Gasteiger partial charge in [-0.3, -0.25) is 4.79 Å². The summed E-state index contributed by atoms with van der Waals surface area (Å²) < 4.78 is 0. The minimum Gasteiger partial charge on any atom is -0.347 e. The molecule has 0 aliphatic carbocycles. The summed E-state index contributed by atoms with van der Waals surface area (Å²) in [7, 11) is 1.90. The van der Waals surface area contributed by atoms with Crippen molar-refractivity contribution in [2.75, 3.05) is 13.6 Å². The van der Waals surface area contributed by atoms with Gasteiger partial charge in [-0.25, -0.2) is 4.98 Å². The number of H-pyrrole nitrogens is 1. The second kappa shape index (κ2) is 6.32. The van der Waals surface area contributed by atoms with Crippen LogP contribution < -0.4 is 5.32 Å². The third kappa shape index (κ3) is 2.90. The van der Waals surface area contributed by atoms with E-state index >= 15 is 0 Å². The lowest BCUT2D eigenvalue weighted by atomic mass is 9.93. The van der Waals surface area contributed by atoms with Gasteiger partial charge in [0.2, 0.25) is 5.91 Å². The van der Waals surface area contributed by atoms with E-state index < -0.39 is 0 Å². The van der Waals surface area contributed by atoms with Gasteiger partial charge in [-0.1, -0.05) is 30.3 Å². The number of hydrogen-bond donors (Lipinski definition) is 2. The second-order valence-corrected chi connectivity index (χ2v) is 5.93. The average Bonchev–Trinajstić information content (AvgIpc) is 3.15. The first kappa shape index (κ1) is 14.8. The standard InChI is InChI=1S/C17H22N4O/c1-12(17-18-8-9-19-17)20-11-14-10-15(22)21(2)16(14)13-6-4-3-5-7-13/h3-9,12,14,16,20H,10-11H2,1-2H3,(H,18,19)/t12?,14-,16-/m0/s1. The predicted octanol–water partition coefficient (Wildman–Crippen LogP) is 2.28. The molecule has 0 radical (unpaired) electrons. The Bertz CT molecular complexity index is 611. The molecule has 0 bridgehead atoms. The lowest BCUT2D eigenvalue weighted by Crippen LogP contribution is -2.30. The molecule has 3 atom stereocenters. The maximum absolute atomic E-state index is 12.1. The highest BCUT2D eigenvalue weighted by atomic mass is 16.2. The van der Waals surface area contributed by atoms with Crippen LogP contribution in [0.4, 0.5) is 0 Å². The lowest BCUT2D eigenvalue weighted by Gasteiger charge is -2.26. The number of nitrogens with one attached hydrogen (secondary N) is 2. The number of benzene rings is 1. The molecular formula is C17H22N4O. The quantitative estimate of drug-likeness (QED) is 0.890. The molecule has 22 heavy (non-hydrogen) atoms. The maximum atomic E-state index is 12.1. The lowest BCUT2D eigenvalue weighted by molar-refractivity contribution is -0.127. The zero-order chi connectivity index (χ0) is 15.5. The summed E-state index contributed by atoms with van der Waals surface area (Å²) in [5.74, 6) is 1.41. The van der Waals surface area contributed by atoms with E-state index in [2.05, 4.69) is 34.3 Å². The SMILES string of the molecule is CC(NC[C@@H]1CC(=O)N(C)[C@H]1c1ccccc1)c1ncc[nH]1. The molecule has 0 spiro atoms. The first-order valence-corrected chi connectivity index (χ1v) is 7.70. The summed E-state index contributed by atoms with van der Waals surface area (Å²) in [5.41, 5.74) is 1.20. The van der Waals surface area contributed by atoms with Gasteiger partial charge in [-0.05, 0) is 12.5 Å². The molecule has 1 aromatic carbocycles. The molecule has 1 amide bonds. The van der Waals surface area contributed by atoms with Gasteiger partial charge >= 0.3 is 0 Å². The Labute approximate surface area is 130 Å². The molecule has 1 saturated heterocycles. The highest BCUT2D eigenvalue weighted by molar-refractivity contribution is 5.79. The van der Waals surface area contributed by atoms with Crippen molar-refractivity contribution in [2.24, 2.45) is 5.92 Å². The van der Waals surface area contributed by atoms with Gasteiger partial charge in [0.15, 0.2) is 0 Å². The van der Waals surface area contributed by atoms with E-state index in [1.54, 1.807) is 6.20 Å². The van der Waals surface area contributed by atoms with Crippen LogP contribution in [-0.4, -0.2) is 34.4 Å². The van der Waals surface area contributed by atoms with Crippen LogP contribution in [0.5, 0.6) is 0 Å². The monoisotopic (exact) mass is 298 g/mol. The molecule has 5 nitrogen and oxygen atoms in total. The number of imidazole rings is 1. The van der Waals surface area contributed by atoms with Crippen molar-refractivity contribution in [1.82, 2.24) is 20.2 Å². The van der Waals surface area contributed by atoms with E-state index in [0.29, 0.717) is 6.42 Å². The van der Waals surface area contributed by atoms with Crippen molar-refractivity contribution < 1.29 is 4.79 Å². The van der Waals surface area contributed by atoms with Crippen LogP contribution in [0, 0.1) is 5.92 Å². The Morgan fingerprint density at radius 2 is 2.18 bits per heavy atom. The van der Waals surface area contributed by atoms with E-state index in [4.69, 9.17) is 0 Å². The van der Waals surface area contributed by atoms with Crippen molar-refractivity contribution in [1.29, 1.82) is 0 Å². The normalized spacial score (nSPS) is 23.0. The van der Waals surface area contributed by atoms with Crippen LogP contribution >= 0.6 is 0 Å². The molecule has 2 N–H and O–H groups in total. The number of amides is 1. The van der Waals surface area contributed by atoms with Crippen molar-refractivity contribution in [3.63, 3.8) is 0 Å². The first-order chi connectivity index (χ1) is 10.7. The predicted molar refractivity (Wildman–Crippen MR) is 85.1 cm³/mol. The summed E-state index contributed by atoms with van der Waals surface area (Å²) in [4.78, 5) is 21.4. The fourth-order valence-electron chi connectivity index (χ4n) is 3.22. The van der Waals surface area contributed by atoms with Gasteiger partial charge in [0.25, 0.3) is 0 Å². The highest BCUT2D eigenvalue weighted by Gasteiger charge is 2.38. The first-order valence-electron chi connectivity index (χ1n) is 7.70. The second-order valence-electron chi connectivity index (χ2n) is 5.93. The smallest absolute Gasteiger partial charge is 0.223 e. The van der Waals surface area contributed by atoms with Crippen LogP contribution in [0.2, 0.25) is 0 Å². The van der Waals surface area contributed by atoms with Gasteiger partial charge in [0.1, 0.15) is 5.82 Å². The van der Waals surface area contributed by atoms with Crippen molar-refractivity contribution in [3.05, 3.63) is 54.1 Å². The fraction of sp³-hybridized carbons (Fsp3) is 0.412. The van der Waals surface area contributed by atoms with E-state index in [9.17, 15) is 4.79 Å². The number of carbonyl (C=O) groups is 1. The minimum atomic E-state index is 0.144. The maximum Gasteiger partial charge on any atom is 0.223 e. The van der Waals surface area contributed by atoms with Gasteiger partial charge in [0, 0.05) is 38.3 Å². The highest BCUT2D eigenvalue weighted by Crippen LogP contribution is 2.36. The van der Waals surface area contributed by atoms with Crippen LogP contribution in [-0.2, 0) is 4.79 Å². The Balaban J connectivity index is 1.70. The van der Waals surface area contributed by atoms with Gasteiger partial charge in [-0.2, -0.15) is 0 Å². The van der Waals surface area contributed by atoms with Crippen LogP contribution in [0.3, 0.4) is 0 Å². The molecule has 5 heteroatoms. The number of likely N-dealkylation sites (tertiary alicyclic amines) is 1. The van der Waals surface area contributed by atoms with Gasteiger partial charge < -0.3 is 15.2 Å². The molecule has 0 saturated carbocycles. The van der Waals surface area contributed by atoms with E-state index in [1.807, 2.05) is 36.3 Å². The minimum absolute atomic E-state index is 0.144. The third-order valence-electron chi connectivity index (χ3n) is 4.45. The van der Waals surface area contributed by atoms with E-state index in [1.165, 1.54) is 5.56 Å². The molecule has 1 fully saturated rings. The molecule has 116 valence electrons. The van der Waals surface area contributed by atoms with Gasteiger partial charge in [0.05, 0.1) is 12.1 Å². The Morgan fingerprint density at radius 1 is 1.41 bits per heavy atom. The number of aromatic amines is 1. The Hall–Kier alpha value is -2.14. The molecule has 1 aliphatic rings. The number of nitrogens with zero attached hydrogens (tertiary/aromatic N) is 2. The molecule has 2 heterocycles. The Kier molecular flexibility index (Phi) is 4.24. The molecule has 1 aliphatic heterocycles. The topological polar surface area (TPSA) is 61.0 Å². The molecule has 1 unspecified atom stereocenters. The number of hydrogen-bond acceptors (Lipinski definition) is 3. The summed E-state index contributed by atoms with van der Waals surface area (Å²) in [6.07, 6.45) is 4.17. The van der Waals surface area contributed by atoms with Crippen molar-refractivity contribution in [2.45, 2.75) is 25.4 Å². The zero-order valence-electron chi connectivity index (χ0n) is 13.0. The third-order valence-corrected chi connectivity index (χ3v) is 4.45. The van der Waals surface area contributed by atoms with E-state index in [0.717, 1.165) is 12.4 Å². The van der Waals surface area contributed by atoms with Crippen molar-refractivity contribution in [3.8, 4) is 0 Å². The summed E-state index contributed by atoms with van der Waals surface area (Å²) in [6.45, 7) is 2.87. The van der Waals surface area contributed by atoms with Crippen LogP contribution in [0.1, 0.15) is 36.8 Å². The van der Waals surface area contributed by atoms with Crippen molar-refractivity contribution >= 4 is 5.91 Å². The Morgan fingerprint density at radius 3 is 2.86 bits per heavy atom. The fourth-order valence-corrected chi connectivity index (χ4v) is 3.22. The number of aromatic nitrogens is 2. The molecule has 2 aromatic rings. The largest absolute Gasteiger partial charge is 0.347 e. The van der Waals surface area contributed by atoms with E-state index in [-0.39, 0.29) is 23.9 Å². The number of carbonyl (C=O) groups excluding carboxylic acids is 1. The van der Waals surface area contributed by atoms with Gasteiger partial charge in [-0.15, -0.1) is 0 Å². The molecule has 3 rings (SSSR count). The number of rotatable bonds is 5. The zero-order valence-corrected chi connectivity index (χ0v) is 13.0. The molecule has 1 aromatic heterocycles. The summed E-state index contributed by atoms with van der Waals surface area (Å²) in [5, 5.41) is 3.50. The molecular weight excluding hydrogens is 276 g/mol. The van der Waals surface area contributed by atoms with Crippen LogP contribution in [0.15, 0.2) is 42.7 Å². The summed E-state index contributed by atoms with van der Waals surface area (Å²) >= 11 is 0.